The molecule has 1 aromatic carbocycles. The molecular formula is C21H24N6O2. The van der Waals surface area contributed by atoms with Crippen molar-refractivity contribution in [3.63, 3.8) is 0 Å². The van der Waals surface area contributed by atoms with Gasteiger partial charge in [0.15, 0.2) is 5.65 Å². The number of fused-ring (bicyclic) bond motifs is 1. The highest BCUT2D eigenvalue weighted by atomic mass is 16.3. The van der Waals surface area contributed by atoms with Crippen LogP contribution in [0.1, 0.15) is 29.7 Å². The molecule has 8 nitrogen and oxygen atoms in total. The molecule has 0 radical (unpaired) electrons. The number of benzene rings is 1. The van der Waals surface area contributed by atoms with Crippen molar-refractivity contribution in [3.8, 4) is 6.07 Å². The maximum Gasteiger partial charge on any atom is 0.330 e. The summed E-state index contributed by atoms with van der Waals surface area (Å²) in [6.07, 6.45) is 1.93. The van der Waals surface area contributed by atoms with Crippen LogP contribution in [0.25, 0.3) is 11.2 Å². The Balaban J connectivity index is 1.94. The number of nitrogens with two attached hydrogens (primary N) is 1. The molecule has 0 bridgehead atoms. The Hall–Kier alpha value is -3.15. The second kappa shape index (κ2) is 7.70. The van der Waals surface area contributed by atoms with E-state index in [4.69, 9.17) is 5.73 Å². The summed E-state index contributed by atoms with van der Waals surface area (Å²) in [6, 6.07) is 11.4. The molecule has 0 aliphatic carbocycles. The Labute approximate surface area is 168 Å². The molecule has 0 spiro atoms. The summed E-state index contributed by atoms with van der Waals surface area (Å²) < 4.78 is 3.16. The van der Waals surface area contributed by atoms with E-state index >= 15 is 0 Å². The van der Waals surface area contributed by atoms with Gasteiger partial charge in [0.2, 0.25) is 0 Å². The lowest BCUT2D eigenvalue weighted by Crippen LogP contribution is -2.43. The summed E-state index contributed by atoms with van der Waals surface area (Å²) in [6.45, 7) is 1.57. The predicted molar refractivity (Wildman–Crippen MR) is 111 cm³/mol. The minimum Gasteiger partial charge on any atom is -0.390 e. The standard InChI is InChI=1S/C21H24N6O2/c1-25-20-19(27(21(25)29)11-15-6-3-2-5-14(15)10-22)18(9-17(13-28)24-20)26-8-4-7-16(23)12-26/h2-3,5-6,9,16,28H,4,7-8,11-13,23H2,1H3. The molecule has 1 unspecified atom stereocenters. The van der Waals surface area contributed by atoms with Crippen LogP contribution in [0.4, 0.5) is 5.69 Å². The molecule has 3 heterocycles. The number of aryl methyl sites for hydroxylation is 1. The maximum absolute atomic E-state index is 13.1. The molecule has 1 fully saturated rings. The van der Waals surface area contributed by atoms with Crippen LogP contribution in [-0.4, -0.2) is 38.4 Å². The molecule has 1 saturated heterocycles. The highest BCUT2D eigenvalue weighted by Crippen LogP contribution is 2.29. The molecule has 1 aliphatic heterocycles. The summed E-state index contributed by atoms with van der Waals surface area (Å²) in [7, 11) is 1.68. The molecule has 3 aromatic rings. The largest absolute Gasteiger partial charge is 0.390 e. The Morgan fingerprint density at radius 3 is 2.90 bits per heavy atom. The average Bonchev–Trinajstić information content (AvgIpc) is 2.98. The number of rotatable bonds is 4. The molecule has 0 saturated carbocycles. The quantitative estimate of drug-likeness (QED) is 0.687. The first-order valence-electron chi connectivity index (χ1n) is 9.72. The monoisotopic (exact) mass is 392 g/mol. The fourth-order valence-electron chi connectivity index (χ4n) is 4.06. The fourth-order valence-corrected chi connectivity index (χ4v) is 4.06. The van der Waals surface area contributed by atoms with Crippen molar-refractivity contribution in [2.24, 2.45) is 12.8 Å². The fraction of sp³-hybridized carbons (Fsp3) is 0.381. The van der Waals surface area contributed by atoms with Crippen molar-refractivity contribution >= 4 is 16.9 Å². The van der Waals surface area contributed by atoms with Crippen LogP contribution in [0.5, 0.6) is 0 Å². The van der Waals surface area contributed by atoms with Crippen LogP contribution < -0.4 is 16.3 Å². The van der Waals surface area contributed by atoms with E-state index in [1.165, 1.54) is 4.57 Å². The third-order valence-corrected chi connectivity index (χ3v) is 5.54. The molecule has 3 N–H and O–H groups in total. The number of anilines is 1. The summed E-state index contributed by atoms with van der Waals surface area (Å²) in [5.41, 5.74) is 9.88. The minimum absolute atomic E-state index is 0.0627. The van der Waals surface area contributed by atoms with Crippen LogP contribution in [0.3, 0.4) is 0 Å². The van der Waals surface area contributed by atoms with Crippen LogP contribution in [-0.2, 0) is 20.2 Å². The van der Waals surface area contributed by atoms with Gasteiger partial charge < -0.3 is 15.7 Å². The van der Waals surface area contributed by atoms with Gasteiger partial charge in [-0.25, -0.2) is 9.78 Å². The number of nitriles is 1. The normalized spacial score (nSPS) is 16.9. The zero-order chi connectivity index (χ0) is 20.5. The molecule has 2 aromatic heterocycles. The summed E-state index contributed by atoms with van der Waals surface area (Å²) >= 11 is 0. The Morgan fingerprint density at radius 1 is 1.38 bits per heavy atom. The lowest BCUT2D eigenvalue weighted by Gasteiger charge is -2.33. The van der Waals surface area contributed by atoms with E-state index < -0.39 is 0 Å². The molecule has 29 heavy (non-hydrogen) atoms. The van der Waals surface area contributed by atoms with E-state index in [0.29, 0.717) is 29.0 Å². The van der Waals surface area contributed by atoms with Gasteiger partial charge in [-0.1, -0.05) is 18.2 Å². The summed E-state index contributed by atoms with van der Waals surface area (Å²) in [4.78, 5) is 19.8. The molecule has 8 heteroatoms. The zero-order valence-corrected chi connectivity index (χ0v) is 16.4. The highest BCUT2D eigenvalue weighted by molar-refractivity contribution is 5.87. The van der Waals surface area contributed by atoms with Crippen LogP contribution in [0, 0.1) is 11.3 Å². The third kappa shape index (κ3) is 3.39. The molecule has 1 atom stereocenters. The van der Waals surface area contributed by atoms with Gasteiger partial charge >= 0.3 is 5.69 Å². The van der Waals surface area contributed by atoms with Gasteiger partial charge in [-0.15, -0.1) is 0 Å². The minimum atomic E-state index is -0.210. The number of nitrogens with zero attached hydrogens (tertiary/aromatic N) is 5. The summed E-state index contributed by atoms with van der Waals surface area (Å²) in [5, 5.41) is 19.1. The highest BCUT2D eigenvalue weighted by Gasteiger charge is 2.24. The number of piperidine rings is 1. The van der Waals surface area contributed by atoms with Crippen molar-refractivity contribution in [1.82, 2.24) is 14.1 Å². The predicted octanol–water partition coefficient (Wildman–Crippen LogP) is 1.07. The van der Waals surface area contributed by atoms with Crippen molar-refractivity contribution in [2.75, 3.05) is 18.0 Å². The Kier molecular flexibility index (Phi) is 5.09. The second-order valence-corrected chi connectivity index (χ2v) is 7.51. The van der Waals surface area contributed by atoms with E-state index in [1.54, 1.807) is 17.7 Å². The van der Waals surface area contributed by atoms with Crippen molar-refractivity contribution < 1.29 is 5.11 Å². The number of hydrogen-bond donors (Lipinski definition) is 2. The van der Waals surface area contributed by atoms with Gasteiger partial charge in [-0.3, -0.25) is 9.13 Å². The van der Waals surface area contributed by atoms with Crippen molar-refractivity contribution in [1.29, 1.82) is 5.26 Å². The Morgan fingerprint density at radius 2 is 2.17 bits per heavy atom. The lowest BCUT2D eigenvalue weighted by atomic mass is 10.1. The first-order valence-corrected chi connectivity index (χ1v) is 9.72. The third-order valence-electron chi connectivity index (χ3n) is 5.54. The van der Waals surface area contributed by atoms with E-state index in [-0.39, 0.29) is 24.9 Å². The van der Waals surface area contributed by atoms with E-state index in [2.05, 4.69) is 16.0 Å². The van der Waals surface area contributed by atoms with Gasteiger partial charge in [-0.05, 0) is 30.5 Å². The van der Waals surface area contributed by atoms with Crippen molar-refractivity contribution in [2.45, 2.75) is 32.0 Å². The van der Waals surface area contributed by atoms with Crippen molar-refractivity contribution in [3.05, 3.63) is 57.6 Å². The van der Waals surface area contributed by atoms with Crippen LogP contribution >= 0.6 is 0 Å². The van der Waals surface area contributed by atoms with E-state index in [9.17, 15) is 15.2 Å². The number of aliphatic hydroxyl groups is 1. The van der Waals surface area contributed by atoms with Crippen LogP contribution in [0.2, 0.25) is 0 Å². The van der Waals surface area contributed by atoms with Gasteiger partial charge in [0.05, 0.1) is 36.2 Å². The number of hydrogen-bond acceptors (Lipinski definition) is 6. The number of pyridine rings is 1. The average molecular weight is 392 g/mol. The second-order valence-electron chi connectivity index (χ2n) is 7.51. The molecule has 1 aliphatic rings. The maximum atomic E-state index is 13.1. The first-order chi connectivity index (χ1) is 14.0. The molecular weight excluding hydrogens is 368 g/mol. The smallest absolute Gasteiger partial charge is 0.330 e. The van der Waals surface area contributed by atoms with E-state index in [1.807, 2.05) is 24.3 Å². The molecule has 4 rings (SSSR count). The number of aromatic nitrogens is 3. The SMILES string of the molecule is Cn1c(=O)n(Cc2ccccc2C#N)c2c(N3CCCC(N)C3)cc(CO)nc21. The van der Waals surface area contributed by atoms with Gasteiger partial charge in [0.1, 0.15) is 5.52 Å². The zero-order valence-electron chi connectivity index (χ0n) is 16.4. The number of imidazole rings is 1. The van der Waals surface area contributed by atoms with Crippen LogP contribution in [0.15, 0.2) is 35.1 Å². The van der Waals surface area contributed by atoms with E-state index in [0.717, 1.165) is 30.6 Å². The van der Waals surface area contributed by atoms with Gasteiger partial charge in [-0.2, -0.15) is 5.26 Å². The topological polar surface area (TPSA) is 113 Å². The Bertz CT molecular complexity index is 1160. The molecule has 150 valence electrons. The molecule has 0 amide bonds. The van der Waals surface area contributed by atoms with Gasteiger partial charge in [0, 0.05) is 26.2 Å². The summed E-state index contributed by atoms with van der Waals surface area (Å²) in [5.74, 6) is 0. The first kappa shape index (κ1) is 19.2. The lowest BCUT2D eigenvalue weighted by molar-refractivity contribution is 0.277. The number of aliphatic hydroxyl groups excluding tert-OH is 1. The van der Waals surface area contributed by atoms with Gasteiger partial charge in [0.25, 0.3) is 0 Å².